The van der Waals surface area contributed by atoms with Gasteiger partial charge in [0.15, 0.2) is 0 Å². The Hall–Kier alpha value is -2.29. The first-order valence-corrected chi connectivity index (χ1v) is 7.44. The van der Waals surface area contributed by atoms with Gasteiger partial charge in [-0.2, -0.15) is 0 Å². The first kappa shape index (κ1) is 13.7. The summed E-state index contributed by atoms with van der Waals surface area (Å²) in [6, 6.07) is 18.1. The number of fused-ring (bicyclic) bond motifs is 1. The Morgan fingerprint density at radius 1 is 1.14 bits per heavy atom. The summed E-state index contributed by atoms with van der Waals surface area (Å²) < 4.78 is 0. The van der Waals surface area contributed by atoms with E-state index in [4.69, 9.17) is 0 Å². The minimum absolute atomic E-state index is 0.0256. The topological polar surface area (TPSA) is 41.1 Å². The van der Waals surface area contributed by atoms with Crippen molar-refractivity contribution in [3.63, 3.8) is 0 Å². The van der Waals surface area contributed by atoms with E-state index < -0.39 is 0 Å². The van der Waals surface area contributed by atoms with Gasteiger partial charge in [-0.1, -0.05) is 48.5 Å². The fraction of sp³-hybridized carbons (Fsp3) is 0.278. The third-order valence-electron chi connectivity index (χ3n) is 4.02. The second-order valence-electron chi connectivity index (χ2n) is 5.53. The molecule has 0 fully saturated rings. The van der Waals surface area contributed by atoms with Gasteiger partial charge in [0.1, 0.15) is 6.04 Å². The zero-order chi connectivity index (χ0) is 14.7. The third kappa shape index (κ3) is 3.07. The van der Waals surface area contributed by atoms with Crippen molar-refractivity contribution in [2.24, 2.45) is 0 Å². The number of rotatable bonds is 3. The molecule has 2 N–H and O–H groups in total. The molecule has 0 unspecified atom stereocenters. The van der Waals surface area contributed by atoms with E-state index in [1.807, 2.05) is 55.5 Å². The number of aryl methyl sites for hydroxylation is 1. The molecular weight excluding hydrogens is 260 g/mol. The molecular formula is C18H20N2O. The van der Waals surface area contributed by atoms with Gasteiger partial charge in [0.25, 0.3) is 0 Å². The lowest BCUT2D eigenvalue weighted by Crippen LogP contribution is -2.42. The van der Waals surface area contributed by atoms with Crippen molar-refractivity contribution < 1.29 is 4.79 Å². The van der Waals surface area contributed by atoms with Gasteiger partial charge in [0.2, 0.25) is 5.91 Å². The highest BCUT2D eigenvalue weighted by Gasteiger charge is 2.24. The van der Waals surface area contributed by atoms with Crippen LogP contribution in [0.25, 0.3) is 0 Å². The number of nitrogens with one attached hydrogen (secondary N) is 2. The Bertz CT molecular complexity index is 624. The highest BCUT2D eigenvalue weighted by molar-refractivity contribution is 5.86. The highest BCUT2D eigenvalue weighted by atomic mass is 16.2. The molecule has 0 saturated carbocycles. The Morgan fingerprint density at radius 2 is 1.86 bits per heavy atom. The number of para-hydroxylation sites is 1. The Kier molecular flexibility index (Phi) is 3.91. The maximum absolute atomic E-state index is 12.4. The number of anilines is 1. The number of benzene rings is 2. The lowest BCUT2D eigenvalue weighted by Gasteiger charge is -2.27. The quantitative estimate of drug-likeness (QED) is 0.906. The molecule has 0 bridgehead atoms. The minimum atomic E-state index is -0.147. The van der Waals surface area contributed by atoms with Crippen molar-refractivity contribution in [1.29, 1.82) is 0 Å². The second kappa shape index (κ2) is 6.00. The van der Waals surface area contributed by atoms with Crippen LogP contribution in [-0.4, -0.2) is 11.9 Å². The van der Waals surface area contributed by atoms with Crippen LogP contribution in [0, 0.1) is 0 Å². The molecule has 3 rings (SSSR count). The lowest BCUT2D eigenvalue weighted by molar-refractivity contribution is -0.122. The van der Waals surface area contributed by atoms with E-state index in [0.717, 1.165) is 24.1 Å². The Labute approximate surface area is 125 Å². The molecule has 21 heavy (non-hydrogen) atoms. The number of carbonyl (C=O) groups is 1. The summed E-state index contributed by atoms with van der Waals surface area (Å²) in [4.78, 5) is 12.4. The first-order chi connectivity index (χ1) is 10.2. The maximum Gasteiger partial charge on any atom is 0.242 e. The summed E-state index contributed by atoms with van der Waals surface area (Å²) in [5.74, 6) is 0.0702. The predicted molar refractivity (Wildman–Crippen MR) is 85.2 cm³/mol. The van der Waals surface area contributed by atoms with Gasteiger partial charge in [-0.25, -0.2) is 0 Å². The number of hydrogen-bond acceptors (Lipinski definition) is 2. The van der Waals surface area contributed by atoms with Gasteiger partial charge >= 0.3 is 0 Å². The Balaban J connectivity index is 1.65. The molecule has 108 valence electrons. The van der Waals surface area contributed by atoms with Crippen LogP contribution in [0.2, 0.25) is 0 Å². The van der Waals surface area contributed by atoms with Gasteiger partial charge in [0.05, 0.1) is 6.04 Å². The van der Waals surface area contributed by atoms with Crippen LogP contribution < -0.4 is 10.6 Å². The molecule has 3 nitrogen and oxygen atoms in total. The SMILES string of the molecule is C[C@H](NC(=O)[C@@H]1CCc2ccccc2N1)c1ccccc1. The van der Waals surface area contributed by atoms with Crippen molar-refractivity contribution in [3.8, 4) is 0 Å². The van der Waals surface area contributed by atoms with Crippen molar-refractivity contribution in [3.05, 3.63) is 65.7 Å². The second-order valence-corrected chi connectivity index (χ2v) is 5.53. The average molecular weight is 280 g/mol. The molecule has 0 aromatic heterocycles. The van der Waals surface area contributed by atoms with E-state index in [2.05, 4.69) is 16.7 Å². The van der Waals surface area contributed by atoms with Crippen LogP contribution in [0.4, 0.5) is 5.69 Å². The van der Waals surface area contributed by atoms with Crippen molar-refractivity contribution >= 4 is 11.6 Å². The van der Waals surface area contributed by atoms with Crippen LogP contribution in [0.15, 0.2) is 54.6 Å². The molecule has 0 radical (unpaired) electrons. The molecule has 2 aromatic carbocycles. The molecule has 1 heterocycles. The largest absolute Gasteiger partial charge is 0.373 e. The summed E-state index contributed by atoms with van der Waals surface area (Å²) in [5.41, 5.74) is 3.50. The van der Waals surface area contributed by atoms with E-state index in [1.165, 1.54) is 5.56 Å². The smallest absolute Gasteiger partial charge is 0.242 e. The van der Waals surface area contributed by atoms with Crippen LogP contribution in [0.1, 0.15) is 30.5 Å². The van der Waals surface area contributed by atoms with E-state index in [-0.39, 0.29) is 18.0 Å². The van der Waals surface area contributed by atoms with Crippen LogP contribution >= 0.6 is 0 Å². The molecule has 0 saturated heterocycles. The molecule has 2 aromatic rings. The fourth-order valence-corrected chi connectivity index (χ4v) is 2.77. The average Bonchev–Trinajstić information content (AvgIpc) is 2.55. The van der Waals surface area contributed by atoms with Gasteiger partial charge in [0, 0.05) is 5.69 Å². The number of carbonyl (C=O) groups excluding carboxylic acids is 1. The summed E-state index contributed by atoms with van der Waals surface area (Å²) >= 11 is 0. The normalized spacial score (nSPS) is 18.2. The molecule has 1 aliphatic heterocycles. The van der Waals surface area contributed by atoms with E-state index >= 15 is 0 Å². The van der Waals surface area contributed by atoms with Crippen LogP contribution in [0.5, 0.6) is 0 Å². The summed E-state index contributed by atoms with van der Waals surface area (Å²) in [6.07, 6.45) is 1.78. The first-order valence-electron chi connectivity index (χ1n) is 7.44. The van der Waals surface area contributed by atoms with Crippen molar-refractivity contribution in [2.75, 3.05) is 5.32 Å². The van der Waals surface area contributed by atoms with E-state index in [1.54, 1.807) is 0 Å². The van der Waals surface area contributed by atoms with Crippen LogP contribution in [0.3, 0.4) is 0 Å². The van der Waals surface area contributed by atoms with Gasteiger partial charge < -0.3 is 10.6 Å². The highest BCUT2D eigenvalue weighted by Crippen LogP contribution is 2.24. The van der Waals surface area contributed by atoms with Gasteiger partial charge in [-0.05, 0) is 37.0 Å². The molecule has 0 aliphatic carbocycles. The van der Waals surface area contributed by atoms with E-state index in [0.29, 0.717) is 0 Å². The monoisotopic (exact) mass is 280 g/mol. The Morgan fingerprint density at radius 3 is 2.67 bits per heavy atom. The number of hydrogen-bond donors (Lipinski definition) is 2. The van der Waals surface area contributed by atoms with Gasteiger partial charge in [-0.3, -0.25) is 4.79 Å². The van der Waals surface area contributed by atoms with Crippen molar-refractivity contribution in [1.82, 2.24) is 5.32 Å². The van der Waals surface area contributed by atoms with Gasteiger partial charge in [-0.15, -0.1) is 0 Å². The molecule has 3 heteroatoms. The standard InChI is InChI=1S/C18H20N2O/c1-13(14-7-3-2-4-8-14)19-18(21)17-12-11-15-9-5-6-10-16(15)20-17/h2-10,13,17,20H,11-12H2,1H3,(H,19,21)/t13-,17-/m0/s1. The predicted octanol–water partition coefficient (Wildman–Crippen LogP) is 3.29. The minimum Gasteiger partial charge on any atom is -0.373 e. The number of amides is 1. The third-order valence-corrected chi connectivity index (χ3v) is 4.02. The molecule has 2 atom stereocenters. The molecule has 1 aliphatic rings. The molecule has 0 spiro atoms. The molecule has 1 amide bonds. The lowest BCUT2D eigenvalue weighted by atomic mass is 9.97. The summed E-state index contributed by atoms with van der Waals surface area (Å²) in [5, 5.41) is 6.44. The summed E-state index contributed by atoms with van der Waals surface area (Å²) in [7, 11) is 0. The maximum atomic E-state index is 12.4. The van der Waals surface area contributed by atoms with E-state index in [9.17, 15) is 4.79 Å². The van der Waals surface area contributed by atoms with Crippen molar-refractivity contribution in [2.45, 2.75) is 31.8 Å². The zero-order valence-corrected chi connectivity index (χ0v) is 12.2. The zero-order valence-electron chi connectivity index (χ0n) is 12.2. The van der Waals surface area contributed by atoms with Crippen LogP contribution in [-0.2, 0) is 11.2 Å². The summed E-state index contributed by atoms with van der Waals surface area (Å²) in [6.45, 7) is 2.02. The fourth-order valence-electron chi connectivity index (χ4n) is 2.77.